The van der Waals surface area contributed by atoms with Crippen LogP contribution >= 0.6 is 0 Å². The first kappa shape index (κ1) is 26.6. The Hall–Kier alpha value is -3.30. The molecule has 41 heavy (non-hydrogen) atoms. The first-order valence-electron chi connectivity index (χ1n) is 14.3. The fourth-order valence-corrected chi connectivity index (χ4v) is 18.5. The maximum absolute atomic E-state index is 15.5. The van der Waals surface area contributed by atoms with Crippen molar-refractivity contribution in [1.82, 2.24) is 0 Å². The molecule has 5 heteroatoms. The molecule has 0 bridgehead atoms. The summed E-state index contributed by atoms with van der Waals surface area (Å²) in [4.78, 5) is 0. The fourth-order valence-electron chi connectivity index (χ4n) is 6.93. The van der Waals surface area contributed by atoms with Crippen LogP contribution in [0, 0.1) is 39.3 Å². The average molecular weight is 626 g/mol. The molecule has 0 spiro atoms. The number of halogens is 2. The summed E-state index contributed by atoms with van der Waals surface area (Å²) in [6.07, 6.45) is 6.28. The topological polar surface area (TPSA) is 18.5 Å². The molecule has 4 aromatic rings. The summed E-state index contributed by atoms with van der Waals surface area (Å²) in [6.45, 7) is 8.51. The van der Waals surface area contributed by atoms with Gasteiger partial charge in [-0.05, 0) is 0 Å². The molecular weight excluding hydrogens is 594 g/mol. The van der Waals surface area contributed by atoms with Gasteiger partial charge in [0.25, 0.3) is 0 Å². The summed E-state index contributed by atoms with van der Waals surface area (Å²) in [6, 6.07) is 22.1. The van der Waals surface area contributed by atoms with Crippen LogP contribution in [0.5, 0.6) is 11.5 Å². The zero-order valence-corrected chi connectivity index (χ0v) is 26.2. The zero-order valence-electron chi connectivity index (χ0n) is 23.7. The van der Waals surface area contributed by atoms with E-state index in [0.717, 1.165) is 35.1 Å². The van der Waals surface area contributed by atoms with Crippen molar-refractivity contribution in [1.29, 1.82) is 0 Å². The van der Waals surface area contributed by atoms with Crippen molar-refractivity contribution in [2.24, 2.45) is 0 Å². The number of benzene rings is 4. The van der Waals surface area contributed by atoms with E-state index in [1.165, 1.54) is 45.5 Å². The quantitative estimate of drug-likeness (QED) is 0.225. The number of allylic oxidation sites excluding steroid dienone is 2. The molecule has 0 saturated carbocycles. The van der Waals surface area contributed by atoms with E-state index in [9.17, 15) is 0 Å². The van der Waals surface area contributed by atoms with Crippen molar-refractivity contribution < 1.29 is 35.6 Å². The monoisotopic (exact) mass is 624 g/mol. The van der Waals surface area contributed by atoms with Crippen LogP contribution in [0.2, 0.25) is 0 Å². The fraction of sp³-hybridized carbons (Fsp3) is 0.222. The van der Waals surface area contributed by atoms with E-state index in [0.29, 0.717) is 0 Å². The van der Waals surface area contributed by atoms with Gasteiger partial charge in [-0.15, -0.1) is 0 Å². The van der Waals surface area contributed by atoms with E-state index in [1.807, 2.05) is 0 Å². The minimum atomic E-state index is -4.88. The van der Waals surface area contributed by atoms with E-state index in [2.05, 4.69) is 64.1 Å². The predicted octanol–water partition coefficient (Wildman–Crippen LogP) is 9.71. The number of hydrogen-bond donors (Lipinski definition) is 0. The van der Waals surface area contributed by atoms with Crippen molar-refractivity contribution >= 4 is 12.2 Å². The molecule has 2 nitrogen and oxygen atoms in total. The molecule has 7 rings (SSSR count). The van der Waals surface area contributed by atoms with Gasteiger partial charge < -0.3 is 0 Å². The Morgan fingerprint density at radius 3 is 1.39 bits per heavy atom. The van der Waals surface area contributed by atoms with Crippen LogP contribution in [-0.4, -0.2) is 0 Å². The third-order valence-corrected chi connectivity index (χ3v) is 19.1. The molecular formula is C36H32F2O2Zr. The SMILES string of the molecule is Cc1cc2c(cc1C)[CH]1C(=C2)CCC2=Cc3cc(C)c(C)cc3[CH]2[Zr]1([O]c1ccccc1F)[O]c1ccccc1F. The van der Waals surface area contributed by atoms with Gasteiger partial charge in [-0.2, -0.15) is 0 Å². The first-order chi connectivity index (χ1) is 19.7. The van der Waals surface area contributed by atoms with Crippen LogP contribution < -0.4 is 5.63 Å². The van der Waals surface area contributed by atoms with Crippen molar-refractivity contribution in [2.75, 3.05) is 0 Å². The van der Waals surface area contributed by atoms with Crippen molar-refractivity contribution in [2.45, 2.75) is 47.8 Å². The van der Waals surface area contributed by atoms with Gasteiger partial charge in [0.15, 0.2) is 0 Å². The van der Waals surface area contributed by atoms with E-state index in [4.69, 9.17) is 5.63 Å². The first-order valence-corrected chi connectivity index (χ1v) is 19.1. The summed E-state index contributed by atoms with van der Waals surface area (Å²) < 4.78 is 45.0. The Kier molecular flexibility index (Phi) is 6.43. The van der Waals surface area contributed by atoms with Gasteiger partial charge in [0.05, 0.1) is 0 Å². The Balaban J connectivity index is 1.56. The number of fused-ring (bicyclic) bond motifs is 6. The Bertz CT molecular complexity index is 1660. The van der Waals surface area contributed by atoms with Crippen molar-refractivity contribution in [3.8, 4) is 11.5 Å². The van der Waals surface area contributed by atoms with E-state index >= 15 is 8.78 Å². The van der Waals surface area contributed by atoms with Crippen LogP contribution in [0.15, 0.2) is 83.9 Å². The molecule has 1 aliphatic heterocycles. The van der Waals surface area contributed by atoms with E-state index in [-0.39, 0.29) is 18.8 Å². The number of rotatable bonds is 4. The zero-order chi connectivity index (χ0) is 28.5. The number of hydrogen-bond acceptors (Lipinski definition) is 2. The molecule has 0 N–H and O–H groups in total. The summed E-state index contributed by atoms with van der Waals surface area (Å²) in [5.41, 5.74) is 11.9. The second-order valence-electron chi connectivity index (χ2n) is 11.7. The number of aryl methyl sites for hydroxylation is 4. The molecule has 206 valence electrons. The number of para-hydroxylation sites is 2. The normalized spacial score (nSPS) is 19.8. The summed E-state index contributed by atoms with van der Waals surface area (Å²) in [7, 11) is 0. The van der Waals surface area contributed by atoms with Crippen LogP contribution in [0.1, 0.15) is 64.6 Å². The van der Waals surface area contributed by atoms with Gasteiger partial charge in [0.2, 0.25) is 0 Å². The van der Waals surface area contributed by atoms with E-state index in [1.54, 1.807) is 36.4 Å². The summed E-state index contributed by atoms with van der Waals surface area (Å²) >= 11 is -4.88. The minimum absolute atomic E-state index is 0.176. The second-order valence-corrected chi connectivity index (χ2v) is 19.1. The average Bonchev–Trinajstić information content (AvgIpc) is 3.44. The van der Waals surface area contributed by atoms with Gasteiger partial charge in [0, 0.05) is 0 Å². The molecule has 3 aliphatic rings. The van der Waals surface area contributed by atoms with Crippen molar-refractivity contribution in [3.05, 3.63) is 140 Å². The molecule has 1 heterocycles. The third kappa shape index (κ3) is 4.27. The molecule has 0 radical (unpaired) electrons. The predicted molar refractivity (Wildman–Crippen MR) is 157 cm³/mol. The maximum atomic E-state index is 15.5. The van der Waals surface area contributed by atoms with E-state index < -0.39 is 32.8 Å². The molecule has 4 aromatic carbocycles. The Morgan fingerprint density at radius 2 is 0.976 bits per heavy atom. The van der Waals surface area contributed by atoms with Gasteiger partial charge in [-0.3, -0.25) is 0 Å². The molecule has 0 amide bonds. The van der Waals surface area contributed by atoms with Gasteiger partial charge in [-0.25, -0.2) is 0 Å². The Labute approximate surface area is 246 Å². The van der Waals surface area contributed by atoms with Crippen LogP contribution in [0.3, 0.4) is 0 Å². The third-order valence-electron chi connectivity index (χ3n) is 9.16. The summed E-state index contributed by atoms with van der Waals surface area (Å²) in [5.74, 6) is -0.514. The second kappa shape index (κ2) is 9.91. The Morgan fingerprint density at radius 1 is 0.585 bits per heavy atom. The van der Waals surface area contributed by atoms with Crippen LogP contribution in [0.25, 0.3) is 12.2 Å². The molecule has 2 atom stereocenters. The van der Waals surface area contributed by atoms with Gasteiger partial charge in [-0.1, -0.05) is 0 Å². The van der Waals surface area contributed by atoms with Crippen LogP contribution in [-0.2, 0) is 21.1 Å². The molecule has 2 unspecified atom stereocenters. The summed E-state index contributed by atoms with van der Waals surface area (Å²) in [5, 5.41) is 0. The van der Waals surface area contributed by atoms with Crippen LogP contribution in [0.4, 0.5) is 8.78 Å². The molecule has 1 fully saturated rings. The van der Waals surface area contributed by atoms with Gasteiger partial charge >= 0.3 is 247 Å². The van der Waals surface area contributed by atoms with Gasteiger partial charge in [0.1, 0.15) is 0 Å². The molecule has 1 saturated heterocycles. The standard InChI is InChI=1S/C24H24.2C6H5FO.Zr/c1-15-7-21-11-19(12-22(21)8-16(15)2)5-6-20-13-23-9-17(3)18(4)10-24(23)14-20;2*7-5-3-1-2-4-6(5)8;/h7-14H,5-6H2,1-4H3;2*1-4,8H;/q;;;+2/p-2. The molecule has 0 aromatic heterocycles. The van der Waals surface area contributed by atoms with Crippen molar-refractivity contribution in [3.63, 3.8) is 0 Å². The molecule has 2 aliphatic carbocycles.